The van der Waals surface area contributed by atoms with Crippen molar-refractivity contribution in [1.29, 1.82) is 0 Å². The summed E-state index contributed by atoms with van der Waals surface area (Å²) in [5.41, 5.74) is -0.993. The monoisotopic (exact) mass is 237 g/mol. The number of amides is 1. The van der Waals surface area contributed by atoms with E-state index in [2.05, 4.69) is 5.32 Å². The van der Waals surface area contributed by atoms with Crippen LogP contribution < -0.4 is 5.32 Å². The van der Waals surface area contributed by atoms with Crippen molar-refractivity contribution in [3.8, 4) is 0 Å². The molecule has 0 aromatic carbocycles. The van der Waals surface area contributed by atoms with E-state index in [-0.39, 0.29) is 6.54 Å². The van der Waals surface area contributed by atoms with Crippen molar-refractivity contribution < 1.29 is 18.3 Å². The Kier molecular flexibility index (Phi) is 4.73. The van der Waals surface area contributed by atoms with Crippen LogP contribution in [0.4, 0.5) is 0 Å². The third-order valence-electron chi connectivity index (χ3n) is 2.42. The van der Waals surface area contributed by atoms with E-state index in [9.17, 15) is 18.3 Å². The van der Waals surface area contributed by atoms with Crippen LogP contribution in [0.15, 0.2) is 0 Å². The van der Waals surface area contributed by atoms with Gasteiger partial charge < -0.3 is 10.4 Å². The molecule has 6 heteroatoms. The Hall–Kier alpha value is -0.620. The van der Waals surface area contributed by atoms with Crippen LogP contribution in [-0.2, 0) is 14.6 Å². The van der Waals surface area contributed by atoms with Crippen LogP contribution in [0.2, 0.25) is 0 Å². The molecule has 0 heterocycles. The number of carbonyl (C=O) groups is 1. The van der Waals surface area contributed by atoms with Gasteiger partial charge in [0.15, 0.2) is 9.84 Å². The van der Waals surface area contributed by atoms with Gasteiger partial charge in [-0.1, -0.05) is 6.92 Å². The summed E-state index contributed by atoms with van der Waals surface area (Å²) >= 11 is 0. The van der Waals surface area contributed by atoms with Crippen LogP contribution in [0.3, 0.4) is 0 Å². The van der Waals surface area contributed by atoms with Gasteiger partial charge >= 0.3 is 0 Å². The first-order chi connectivity index (χ1) is 6.60. The maximum absolute atomic E-state index is 11.4. The molecule has 15 heavy (non-hydrogen) atoms. The van der Waals surface area contributed by atoms with Gasteiger partial charge in [0.2, 0.25) is 5.91 Å². The summed E-state index contributed by atoms with van der Waals surface area (Å²) in [6.45, 7) is 4.75. The number of sulfone groups is 1. The summed E-state index contributed by atoms with van der Waals surface area (Å²) in [7, 11) is -3.37. The Morgan fingerprint density at radius 1 is 1.53 bits per heavy atom. The lowest BCUT2D eigenvalue weighted by Gasteiger charge is -2.22. The molecule has 0 aliphatic carbocycles. The van der Waals surface area contributed by atoms with Crippen LogP contribution in [0.1, 0.15) is 27.2 Å². The first-order valence-corrected chi connectivity index (χ1v) is 6.74. The Morgan fingerprint density at radius 3 is 2.33 bits per heavy atom. The predicted octanol–water partition coefficient (Wildman–Crippen LogP) is -0.303. The Labute approximate surface area is 90.8 Å². The molecule has 0 aromatic rings. The lowest BCUT2D eigenvalue weighted by Crippen LogP contribution is -2.45. The number of aliphatic hydroxyl groups is 1. The van der Waals surface area contributed by atoms with Crippen LogP contribution in [0, 0.1) is 0 Å². The van der Waals surface area contributed by atoms with E-state index in [1.54, 1.807) is 13.8 Å². The SMILES string of the molecule is CCC(C)(O)CNC(=O)C(C)S(C)(=O)=O. The maximum atomic E-state index is 11.4. The zero-order chi connectivity index (χ0) is 12.3. The number of nitrogens with one attached hydrogen (secondary N) is 1. The summed E-state index contributed by atoms with van der Waals surface area (Å²) in [5, 5.41) is 10.9. The summed E-state index contributed by atoms with van der Waals surface area (Å²) in [6.07, 6.45) is 1.50. The molecule has 0 saturated carbocycles. The molecule has 0 aromatic heterocycles. The fraction of sp³-hybridized carbons (Fsp3) is 0.889. The third-order valence-corrected chi connectivity index (χ3v) is 3.92. The van der Waals surface area contributed by atoms with Crippen molar-refractivity contribution in [2.75, 3.05) is 12.8 Å². The molecule has 0 aliphatic heterocycles. The van der Waals surface area contributed by atoms with Crippen molar-refractivity contribution in [3.05, 3.63) is 0 Å². The average molecular weight is 237 g/mol. The lowest BCUT2D eigenvalue weighted by atomic mass is 10.0. The van der Waals surface area contributed by atoms with Gasteiger partial charge in [0, 0.05) is 12.8 Å². The molecule has 0 saturated heterocycles. The molecular formula is C9H19NO4S. The second kappa shape index (κ2) is 4.94. The minimum atomic E-state index is -3.37. The van der Waals surface area contributed by atoms with E-state index in [4.69, 9.17) is 0 Å². The van der Waals surface area contributed by atoms with Gasteiger partial charge in [-0.2, -0.15) is 0 Å². The summed E-state index contributed by atoms with van der Waals surface area (Å²) in [6, 6.07) is 0. The largest absolute Gasteiger partial charge is 0.388 e. The molecule has 2 atom stereocenters. The van der Waals surface area contributed by atoms with E-state index < -0.39 is 26.6 Å². The minimum absolute atomic E-state index is 0.0577. The third kappa shape index (κ3) is 5.13. The summed E-state index contributed by atoms with van der Waals surface area (Å²) in [4.78, 5) is 11.4. The predicted molar refractivity (Wildman–Crippen MR) is 58.2 cm³/mol. The topological polar surface area (TPSA) is 83.5 Å². The molecule has 0 rings (SSSR count). The van der Waals surface area contributed by atoms with E-state index in [0.717, 1.165) is 6.26 Å². The number of rotatable bonds is 5. The molecule has 0 fully saturated rings. The smallest absolute Gasteiger partial charge is 0.238 e. The fourth-order valence-electron chi connectivity index (χ4n) is 0.741. The van der Waals surface area contributed by atoms with Crippen molar-refractivity contribution in [3.63, 3.8) is 0 Å². The number of hydrogen-bond acceptors (Lipinski definition) is 4. The molecule has 5 nitrogen and oxygen atoms in total. The molecule has 0 radical (unpaired) electrons. The second-order valence-corrected chi connectivity index (χ2v) is 6.41. The Balaban J connectivity index is 4.29. The standard InChI is InChI=1S/C9H19NO4S/c1-5-9(3,12)6-10-8(11)7(2)15(4,13)14/h7,12H,5-6H2,1-4H3,(H,10,11). The van der Waals surface area contributed by atoms with Gasteiger partial charge in [-0.3, -0.25) is 4.79 Å². The highest BCUT2D eigenvalue weighted by molar-refractivity contribution is 7.92. The minimum Gasteiger partial charge on any atom is -0.388 e. The van der Waals surface area contributed by atoms with E-state index in [0.29, 0.717) is 6.42 Å². The zero-order valence-electron chi connectivity index (χ0n) is 9.57. The Bertz CT molecular complexity index is 321. The zero-order valence-corrected chi connectivity index (χ0v) is 10.4. The lowest BCUT2D eigenvalue weighted by molar-refractivity contribution is -0.121. The van der Waals surface area contributed by atoms with Crippen LogP contribution in [-0.4, -0.2) is 43.1 Å². The summed E-state index contributed by atoms with van der Waals surface area (Å²) < 4.78 is 22.1. The highest BCUT2D eigenvalue weighted by atomic mass is 32.2. The Morgan fingerprint density at radius 2 is 2.00 bits per heavy atom. The fourth-order valence-corrected chi connectivity index (χ4v) is 1.21. The highest BCUT2D eigenvalue weighted by Crippen LogP contribution is 2.06. The van der Waals surface area contributed by atoms with Crippen LogP contribution >= 0.6 is 0 Å². The van der Waals surface area contributed by atoms with Gasteiger partial charge in [-0.15, -0.1) is 0 Å². The van der Waals surface area contributed by atoms with Gasteiger partial charge in [0.25, 0.3) is 0 Å². The van der Waals surface area contributed by atoms with E-state index >= 15 is 0 Å². The number of hydrogen-bond donors (Lipinski definition) is 2. The summed E-state index contributed by atoms with van der Waals surface area (Å²) in [5.74, 6) is -0.578. The van der Waals surface area contributed by atoms with Crippen molar-refractivity contribution in [2.24, 2.45) is 0 Å². The molecule has 1 amide bonds. The van der Waals surface area contributed by atoms with Crippen molar-refractivity contribution in [2.45, 2.75) is 38.0 Å². The average Bonchev–Trinajstić information content (AvgIpc) is 2.11. The number of carbonyl (C=O) groups excluding carboxylic acids is 1. The van der Waals surface area contributed by atoms with Crippen molar-refractivity contribution in [1.82, 2.24) is 5.32 Å². The van der Waals surface area contributed by atoms with Gasteiger partial charge in [0.1, 0.15) is 5.25 Å². The molecule has 2 unspecified atom stereocenters. The van der Waals surface area contributed by atoms with Crippen molar-refractivity contribution >= 4 is 15.7 Å². The molecule has 90 valence electrons. The van der Waals surface area contributed by atoms with Crippen LogP contribution in [0.5, 0.6) is 0 Å². The van der Waals surface area contributed by atoms with Crippen LogP contribution in [0.25, 0.3) is 0 Å². The molecule has 2 N–H and O–H groups in total. The molecule has 0 spiro atoms. The van der Waals surface area contributed by atoms with E-state index in [1.165, 1.54) is 6.92 Å². The first kappa shape index (κ1) is 14.4. The maximum Gasteiger partial charge on any atom is 0.238 e. The second-order valence-electron chi connectivity index (χ2n) is 4.04. The molecule has 0 aliphatic rings. The quantitative estimate of drug-likeness (QED) is 0.687. The van der Waals surface area contributed by atoms with Gasteiger partial charge in [-0.05, 0) is 20.3 Å². The molecule has 0 bridgehead atoms. The van der Waals surface area contributed by atoms with Gasteiger partial charge in [0.05, 0.1) is 5.60 Å². The normalized spacial score (nSPS) is 17.9. The van der Waals surface area contributed by atoms with Gasteiger partial charge in [-0.25, -0.2) is 8.42 Å². The highest BCUT2D eigenvalue weighted by Gasteiger charge is 2.25. The first-order valence-electron chi connectivity index (χ1n) is 4.79. The molecular weight excluding hydrogens is 218 g/mol. The van der Waals surface area contributed by atoms with E-state index in [1.807, 2.05) is 0 Å².